The van der Waals surface area contributed by atoms with Crippen LogP contribution in [0.3, 0.4) is 0 Å². The molecule has 1 atom stereocenters. The molecule has 16 nitrogen and oxygen atoms in total. The first-order valence-electron chi connectivity index (χ1n) is 18.3. The van der Waals surface area contributed by atoms with Crippen molar-refractivity contribution in [1.82, 2.24) is 40.4 Å². The number of benzene rings is 2. The molecule has 2 aliphatic rings. The van der Waals surface area contributed by atoms with Gasteiger partial charge in [-0.15, -0.1) is 5.10 Å². The highest BCUT2D eigenvalue weighted by molar-refractivity contribution is 6.38. The number of piperazine rings is 1. The van der Waals surface area contributed by atoms with Gasteiger partial charge in [0, 0.05) is 24.5 Å². The zero-order valence-electron chi connectivity index (χ0n) is 31.6. The molecule has 2 aromatic heterocycles. The van der Waals surface area contributed by atoms with Gasteiger partial charge in [0.1, 0.15) is 29.6 Å². The second-order valence-electron chi connectivity index (χ2n) is 15.0. The number of likely N-dealkylation sites (N-methyl/N-ethyl adjacent to an activating group) is 1. The van der Waals surface area contributed by atoms with E-state index in [0.717, 1.165) is 30.5 Å². The van der Waals surface area contributed by atoms with Gasteiger partial charge in [0.25, 0.3) is 11.8 Å². The van der Waals surface area contributed by atoms with Crippen molar-refractivity contribution in [3.05, 3.63) is 60.3 Å². The molecule has 0 aliphatic carbocycles. The minimum Gasteiger partial charge on any atom is -1.00 e. The molecule has 2 N–H and O–H groups in total. The van der Waals surface area contributed by atoms with Gasteiger partial charge >= 0.3 is 6.09 Å². The van der Waals surface area contributed by atoms with Crippen LogP contribution in [0.5, 0.6) is 5.75 Å². The van der Waals surface area contributed by atoms with Crippen LogP contribution >= 0.6 is 0 Å². The predicted molar refractivity (Wildman–Crippen MR) is 198 cm³/mol. The van der Waals surface area contributed by atoms with E-state index < -0.39 is 35.1 Å². The number of carbonyl (C=O) groups excluding carboxylic acids is 5. The number of hydrogen-bond acceptors (Lipinski definition) is 10. The fourth-order valence-electron chi connectivity index (χ4n) is 6.84. The molecule has 0 saturated carbocycles. The molecule has 55 heavy (non-hydrogen) atoms. The highest BCUT2D eigenvalue weighted by Crippen LogP contribution is 2.24. The first kappa shape index (κ1) is 41.3. The van der Waals surface area contributed by atoms with E-state index in [1.54, 1.807) is 35.2 Å². The second-order valence-corrected chi connectivity index (χ2v) is 15.0. The average molecular weight is 870 g/mol. The quantitative estimate of drug-likeness (QED) is 0.0819. The maximum Gasteiger partial charge on any atom is 0.410 e. The average Bonchev–Trinajstić information content (AvgIpc) is 3.81. The Kier molecular flexibility index (Phi) is 13.3. The number of nitrogens with zero attached hydrogens (tertiary/aromatic N) is 7. The fraction of sp³-hybridized carbons (Fsp3) is 0.474. The van der Waals surface area contributed by atoms with E-state index in [4.69, 9.17) is 9.47 Å². The summed E-state index contributed by atoms with van der Waals surface area (Å²) >= 11 is 0. The van der Waals surface area contributed by atoms with Gasteiger partial charge in [0.05, 0.1) is 69.5 Å². The number of nitrogens with one attached hydrogen (secondary N) is 2. The van der Waals surface area contributed by atoms with Crippen LogP contribution in [0.4, 0.5) is 4.79 Å². The molecule has 0 spiro atoms. The molecule has 17 heteroatoms. The van der Waals surface area contributed by atoms with E-state index in [0.29, 0.717) is 72.3 Å². The van der Waals surface area contributed by atoms with Crippen molar-refractivity contribution in [3.63, 3.8) is 0 Å². The zero-order valence-corrected chi connectivity index (χ0v) is 33.8. The molecule has 4 amide bonds. The Morgan fingerprint density at radius 3 is 2.49 bits per heavy atom. The molecule has 4 heterocycles. The summed E-state index contributed by atoms with van der Waals surface area (Å²) in [5.41, 5.74) is 1.77. The van der Waals surface area contributed by atoms with Crippen LogP contribution < -0.4 is 39.3 Å². The topological polar surface area (TPSA) is 178 Å². The first-order valence-corrected chi connectivity index (χ1v) is 18.3. The summed E-state index contributed by atoms with van der Waals surface area (Å²) in [7, 11) is 2.19. The third-order valence-corrected chi connectivity index (χ3v) is 9.85. The molecule has 294 valence electrons. The number of amides is 4. The van der Waals surface area contributed by atoms with Crippen LogP contribution in [0.15, 0.2) is 54.7 Å². The summed E-state index contributed by atoms with van der Waals surface area (Å²) < 4.78 is 13.9. The summed E-state index contributed by atoms with van der Waals surface area (Å²) in [6.07, 6.45) is 2.96. The Labute approximate surface area is 336 Å². The summed E-state index contributed by atoms with van der Waals surface area (Å²) in [5.74, 6) is -1.89. The van der Waals surface area contributed by atoms with Gasteiger partial charge in [0.15, 0.2) is 0 Å². The molecule has 6 rings (SSSR count). The third kappa shape index (κ3) is 10.2. The van der Waals surface area contributed by atoms with Gasteiger partial charge in [-0.3, -0.25) is 29.1 Å². The Balaban J connectivity index is 0.00000580. The van der Waals surface area contributed by atoms with Crippen molar-refractivity contribution < 1.29 is 61.9 Å². The van der Waals surface area contributed by atoms with Crippen molar-refractivity contribution >= 4 is 51.5 Å². The molecular formula is C38H48IN9O7. The molecule has 0 radical (unpaired) electrons. The molecule has 4 aromatic rings. The fourth-order valence-corrected chi connectivity index (χ4v) is 6.84. The summed E-state index contributed by atoms with van der Waals surface area (Å²) in [6, 6.07) is 13.3. The monoisotopic (exact) mass is 869 g/mol. The van der Waals surface area contributed by atoms with Gasteiger partial charge in [-0.25, -0.2) is 9.48 Å². The van der Waals surface area contributed by atoms with E-state index in [-0.39, 0.29) is 43.3 Å². The van der Waals surface area contributed by atoms with Crippen LogP contribution in [0.25, 0.3) is 21.9 Å². The van der Waals surface area contributed by atoms with Gasteiger partial charge < -0.3 is 53.5 Å². The number of likely N-dealkylation sites (tertiary alicyclic amines) is 1. The first-order chi connectivity index (χ1) is 25.8. The van der Waals surface area contributed by atoms with Crippen molar-refractivity contribution in [2.45, 2.75) is 58.3 Å². The number of quaternary nitrogens is 1. The number of aromatic nitrogens is 4. The van der Waals surface area contributed by atoms with E-state index in [1.807, 2.05) is 39.0 Å². The van der Waals surface area contributed by atoms with Crippen molar-refractivity contribution in [2.24, 2.45) is 0 Å². The third-order valence-electron chi connectivity index (χ3n) is 9.85. The van der Waals surface area contributed by atoms with E-state index in [2.05, 4.69) is 33.0 Å². The maximum absolute atomic E-state index is 13.4. The van der Waals surface area contributed by atoms with E-state index in [1.165, 1.54) is 15.8 Å². The lowest BCUT2D eigenvalue weighted by atomic mass is 10.1. The molecule has 2 saturated heterocycles. The highest BCUT2D eigenvalue weighted by atomic mass is 127. The highest BCUT2D eigenvalue weighted by Gasteiger charge is 2.37. The Morgan fingerprint density at radius 2 is 1.73 bits per heavy atom. The van der Waals surface area contributed by atoms with Crippen LogP contribution in [0, 0.1) is 0 Å². The minimum atomic E-state index is -0.921. The zero-order chi connectivity index (χ0) is 38.5. The van der Waals surface area contributed by atoms with Crippen LogP contribution in [-0.2, 0) is 25.8 Å². The molecule has 2 fully saturated rings. The lowest BCUT2D eigenvalue weighted by Gasteiger charge is -2.42. The van der Waals surface area contributed by atoms with Crippen LogP contribution in [-0.4, -0.2) is 135 Å². The van der Waals surface area contributed by atoms with Gasteiger partial charge in [0.2, 0.25) is 11.7 Å². The summed E-state index contributed by atoms with van der Waals surface area (Å²) in [5, 5.41) is 13.9. The van der Waals surface area contributed by atoms with Gasteiger partial charge in [-0.1, -0.05) is 17.3 Å². The number of ketones is 1. The summed E-state index contributed by atoms with van der Waals surface area (Å²) in [4.78, 5) is 72.5. The molecule has 0 bridgehead atoms. The standard InChI is InChI=1S/C38H47N9O7.HI/c1-38(2,3)54-37(52)44-17-20-47(4,21-18-44)19-8-22-53-26-12-13-29-28(23-26)27(14-15-39-29)35(50)40-24-33(48)45-16-7-11-32(45)34(49)36(51)41-25-46-31-10-6-5-9-30(31)42-43-46;/h5-6,9-10,12-15,23,32H,7-8,11,16-22,24-25H2,1-4H3,(H-,40,41,50,51);1H/t32-;/m0./s1. The Hall–Kier alpha value is -4.91. The number of fused-ring (bicyclic) bond motifs is 2. The van der Waals surface area contributed by atoms with Gasteiger partial charge in [-0.05, 0) is 70.0 Å². The number of Topliss-reactive ketones (excluding diaryl/α,β-unsaturated/α-hetero) is 1. The summed E-state index contributed by atoms with van der Waals surface area (Å²) in [6.45, 7) is 9.79. The number of pyridine rings is 1. The van der Waals surface area contributed by atoms with Crippen molar-refractivity contribution in [3.8, 4) is 5.75 Å². The predicted octanol–water partition coefficient (Wildman–Crippen LogP) is -0.486. The van der Waals surface area contributed by atoms with E-state index >= 15 is 0 Å². The van der Waals surface area contributed by atoms with E-state index in [9.17, 15) is 24.0 Å². The normalized spacial score (nSPS) is 16.7. The number of para-hydroxylation sites is 1. The smallest absolute Gasteiger partial charge is 0.410 e. The maximum atomic E-state index is 13.4. The van der Waals surface area contributed by atoms with Gasteiger partial charge in [-0.2, -0.15) is 0 Å². The second kappa shape index (κ2) is 17.7. The number of ether oxygens (including phenoxy) is 2. The molecular weight excluding hydrogens is 821 g/mol. The van der Waals surface area contributed by atoms with Crippen molar-refractivity contribution in [1.29, 1.82) is 0 Å². The molecule has 0 unspecified atom stereocenters. The van der Waals surface area contributed by atoms with Crippen LogP contribution in [0.1, 0.15) is 50.4 Å². The lowest BCUT2D eigenvalue weighted by molar-refractivity contribution is -0.913. The lowest BCUT2D eigenvalue weighted by Crippen LogP contribution is -3.00. The Morgan fingerprint density at radius 1 is 0.964 bits per heavy atom. The number of carbonyl (C=O) groups is 5. The Bertz CT molecular complexity index is 2040. The number of halogens is 1. The number of hydrogen-bond donors (Lipinski definition) is 2. The minimum absolute atomic E-state index is 0. The molecule has 2 aromatic carbocycles. The largest absolute Gasteiger partial charge is 1.00 e. The van der Waals surface area contributed by atoms with Crippen molar-refractivity contribution in [2.75, 3.05) is 59.5 Å². The van der Waals surface area contributed by atoms with Crippen LogP contribution in [0.2, 0.25) is 0 Å². The molecule has 2 aliphatic heterocycles. The number of rotatable bonds is 12. The SMILES string of the molecule is CC(C)(C)OC(=O)N1CC[N+](C)(CCCOc2ccc3nccc(C(=O)NCC(=O)N4CCC[C@H]4C(=O)C(=O)NCn4nnc5ccccc54)c3c2)CC1.[I-].